The molecule has 0 radical (unpaired) electrons. The number of halogens is 1. The van der Waals surface area contributed by atoms with Gasteiger partial charge in [-0.2, -0.15) is 0 Å². The van der Waals surface area contributed by atoms with Crippen LogP contribution in [0.4, 0.5) is 0 Å². The summed E-state index contributed by atoms with van der Waals surface area (Å²) in [6, 6.07) is 10.1. The quantitative estimate of drug-likeness (QED) is 0.832. The minimum atomic E-state index is 0.101. The lowest BCUT2D eigenvalue weighted by atomic mass is 10.1. The Morgan fingerprint density at radius 3 is 2.47 bits per heavy atom. The molecule has 19 heavy (non-hydrogen) atoms. The second kappa shape index (κ2) is 4.85. The van der Waals surface area contributed by atoms with Crippen LogP contribution in [0.15, 0.2) is 41.0 Å². The molecule has 0 fully saturated rings. The highest BCUT2D eigenvalue weighted by Gasteiger charge is 2.25. The van der Waals surface area contributed by atoms with Gasteiger partial charge in [0.05, 0.1) is 0 Å². The van der Waals surface area contributed by atoms with Gasteiger partial charge in [-0.25, -0.2) is 0 Å². The fraction of sp³-hybridized carbons (Fsp3) is 0.267. The van der Waals surface area contributed by atoms with Crippen molar-refractivity contribution in [1.82, 2.24) is 9.47 Å². The molecule has 1 aliphatic rings. The molecular weight excluding hydrogens is 304 g/mol. The maximum absolute atomic E-state index is 12.6. The van der Waals surface area contributed by atoms with Crippen LogP contribution in [-0.4, -0.2) is 15.4 Å². The molecular formula is C15H15BrN2O. The SMILES string of the molecule is CCn1cc(Br)cc1C(=O)N1Cc2ccccc2C1. The van der Waals surface area contributed by atoms with E-state index in [1.54, 1.807) is 0 Å². The molecule has 98 valence electrons. The first-order chi connectivity index (χ1) is 9.19. The number of rotatable bonds is 2. The zero-order chi connectivity index (χ0) is 13.4. The van der Waals surface area contributed by atoms with Crippen molar-refractivity contribution in [1.29, 1.82) is 0 Å². The monoisotopic (exact) mass is 318 g/mol. The van der Waals surface area contributed by atoms with E-state index in [-0.39, 0.29) is 5.91 Å². The van der Waals surface area contributed by atoms with Crippen LogP contribution in [-0.2, 0) is 19.6 Å². The van der Waals surface area contributed by atoms with Gasteiger partial charge >= 0.3 is 0 Å². The molecule has 0 saturated heterocycles. The predicted octanol–water partition coefficient (Wildman–Crippen LogP) is 3.43. The van der Waals surface area contributed by atoms with Crippen molar-refractivity contribution in [3.05, 3.63) is 57.8 Å². The summed E-state index contributed by atoms with van der Waals surface area (Å²) in [5.41, 5.74) is 3.26. The molecule has 1 aliphatic heterocycles. The minimum absolute atomic E-state index is 0.101. The van der Waals surface area contributed by atoms with E-state index in [4.69, 9.17) is 0 Å². The Kier molecular flexibility index (Phi) is 3.19. The molecule has 0 bridgehead atoms. The maximum atomic E-state index is 12.6. The van der Waals surface area contributed by atoms with Gasteiger partial charge < -0.3 is 9.47 Å². The van der Waals surface area contributed by atoms with Gasteiger partial charge in [-0.3, -0.25) is 4.79 Å². The third-order valence-electron chi connectivity index (χ3n) is 3.55. The summed E-state index contributed by atoms with van der Waals surface area (Å²) in [6.45, 7) is 4.26. The Morgan fingerprint density at radius 2 is 1.89 bits per heavy atom. The van der Waals surface area contributed by atoms with Crippen molar-refractivity contribution in [2.75, 3.05) is 0 Å². The summed E-state index contributed by atoms with van der Waals surface area (Å²) >= 11 is 3.44. The molecule has 0 unspecified atom stereocenters. The van der Waals surface area contributed by atoms with Crippen molar-refractivity contribution >= 4 is 21.8 Å². The zero-order valence-electron chi connectivity index (χ0n) is 10.8. The molecule has 0 spiro atoms. The first kappa shape index (κ1) is 12.5. The van der Waals surface area contributed by atoms with Crippen molar-refractivity contribution in [3.63, 3.8) is 0 Å². The van der Waals surface area contributed by atoms with E-state index in [0.29, 0.717) is 13.1 Å². The third kappa shape index (κ3) is 2.21. The van der Waals surface area contributed by atoms with E-state index in [1.807, 2.05) is 40.8 Å². The number of hydrogen-bond donors (Lipinski definition) is 0. The molecule has 3 rings (SSSR count). The van der Waals surface area contributed by atoms with E-state index in [1.165, 1.54) is 11.1 Å². The molecule has 2 heterocycles. The Hall–Kier alpha value is -1.55. The van der Waals surface area contributed by atoms with Crippen LogP contribution in [0.5, 0.6) is 0 Å². The molecule has 4 heteroatoms. The number of benzene rings is 1. The van der Waals surface area contributed by atoms with Gasteiger partial charge in [0.25, 0.3) is 5.91 Å². The molecule has 0 saturated carbocycles. The second-order valence-electron chi connectivity index (χ2n) is 4.76. The van der Waals surface area contributed by atoms with Crippen LogP contribution in [0.25, 0.3) is 0 Å². The summed E-state index contributed by atoms with van der Waals surface area (Å²) in [6.07, 6.45) is 1.95. The maximum Gasteiger partial charge on any atom is 0.271 e. The topological polar surface area (TPSA) is 25.2 Å². The smallest absolute Gasteiger partial charge is 0.271 e. The molecule has 1 amide bonds. The van der Waals surface area contributed by atoms with Crippen molar-refractivity contribution in [2.24, 2.45) is 0 Å². The molecule has 0 atom stereocenters. The molecule has 1 aromatic heterocycles. The second-order valence-corrected chi connectivity index (χ2v) is 5.68. The minimum Gasteiger partial charge on any atom is -0.343 e. The van der Waals surface area contributed by atoms with Crippen molar-refractivity contribution < 1.29 is 4.79 Å². The molecule has 0 N–H and O–H groups in total. The summed E-state index contributed by atoms with van der Waals surface area (Å²) in [7, 11) is 0. The summed E-state index contributed by atoms with van der Waals surface area (Å²) in [5, 5.41) is 0. The average molecular weight is 319 g/mol. The van der Waals surface area contributed by atoms with E-state index in [9.17, 15) is 4.79 Å². The largest absolute Gasteiger partial charge is 0.343 e. The Balaban J connectivity index is 1.87. The van der Waals surface area contributed by atoms with Crippen LogP contribution >= 0.6 is 15.9 Å². The number of amides is 1. The normalized spacial score (nSPS) is 13.7. The highest BCUT2D eigenvalue weighted by molar-refractivity contribution is 9.10. The molecule has 2 aromatic rings. The summed E-state index contributed by atoms with van der Waals surface area (Å²) < 4.78 is 2.93. The number of carbonyl (C=O) groups excluding carboxylic acids is 1. The van der Waals surface area contributed by atoms with Gasteiger partial charge in [0.2, 0.25) is 0 Å². The predicted molar refractivity (Wildman–Crippen MR) is 77.8 cm³/mol. The first-order valence-electron chi connectivity index (χ1n) is 6.40. The Labute approximate surface area is 121 Å². The van der Waals surface area contributed by atoms with Crippen molar-refractivity contribution in [2.45, 2.75) is 26.6 Å². The van der Waals surface area contributed by atoms with Crippen LogP contribution < -0.4 is 0 Å². The fourth-order valence-corrected chi connectivity index (χ4v) is 3.02. The summed E-state index contributed by atoms with van der Waals surface area (Å²) in [4.78, 5) is 14.5. The lowest BCUT2D eigenvalue weighted by molar-refractivity contribution is 0.0740. The Bertz CT molecular complexity index is 608. The van der Waals surface area contributed by atoms with Crippen LogP contribution in [0, 0.1) is 0 Å². The zero-order valence-corrected chi connectivity index (χ0v) is 12.4. The number of aryl methyl sites for hydroxylation is 1. The lowest BCUT2D eigenvalue weighted by Crippen LogP contribution is -2.27. The molecule has 1 aromatic carbocycles. The number of nitrogens with zero attached hydrogens (tertiary/aromatic N) is 2. The van der Waals surface area contributed by atoms with Gasteiger partial charge in [0.1, 0.15) is 5.69 Å². The highest BCUT2D eigenvalue weighted by atomic mass is 79.9. The fourth-order valence-electron chi connectivity index (χ4n) is 2.55. The number of fused-ring (bicyclic) bond motifs is 1. The van der Waals surface area contributed by atoms with Gasteiger partial charge in [-0.1, -0.05) is 24.3 Å². The van der Waals surface area contributed by atoms with Gasteiger partial charge in [0.15, 0.2) is 0 Å². The number of carbonyl (C=O) groups is 1. The standard InChI is InChI=1S/C15H15BrN2O/c1-2-17-10-13(16)7-14(17)15(19)18-8-11-5-3-4-6-12(11)9-18/h3-7,10H,2,8-9H2,1H3. The molecule has 0 aliphatic carbocycles. The highest BCUT2D eigenvalue weighted by Crippen LogP contribution is 2.25. The number of aromatic nitrogens is 1. The van der Waals surface area contributed by atoms with Crippen LogP contribution in [0.3, 0.4) is 0 Å². The van der Waals surface area contributed by atoms with E-state index >= 15 is 0 Å². The molecule has 3 nitrogen and oxygen atoms in total. The van der Waals surface area contributed by atoms with Crippen LogP contribution in [0.2, 0.25) is 0 Å². The van der Waals surface area contributed by atoms with E-state index in [2.05, 4.69) is 28.1 Å². The van der Waals surface area contributed by atoms with Gasteiger partial charge in [0, 0.05) is 30.3 Å². The average Bonchev–Trinajstić information content (AvgIpc) is 3.00. The summed E-state index contributed by atoms with van der Waals surface area (Å²) in [5.74, 6) is 0.101. The Morgan fingerprint density at radius 1 is 1.26 bits per heavy atom. The van der Waals surface area contributed by atoms with Crippen LogP contribution in [0.1, 0.15) is 28.5 Å². The van der Waals surface area contributed by atoms with Crippen molar-refractivity contribution in [3.8, 4) is 0 Å². The number of hydrogen-bond acceptors (Lipinski definition) is 1. The van der Waals surface area contributed by atoms with Gasteiger partial charge in [-0.15, -0.1) is 0 Å². The van der Waals surface area contributed by atoms with E-state index in [0.717, 1.165) is 16.7 Å². The van der Waals surface area contributed by atoms with Gasteiger partial charge in [-0.05, 0) is 40.0 Å². The lowest BCUT2D eigenvalue weighted by Gasteiger charge is -2.16. The third-order valence-corrected chi connectivity index (χ3v) is 3.98. The van der Waals surface area contributed by atoms with E-state index < -0.39 is 0 Å². The first-order valence-corrected chi connectivity index (χ1v) is 7.20.